The zero-order valence-corrected chi connectivity index (χ0v) is 16.0. The predicted molar refractivity (Wildman–Crippen MR) is 101 cm³/mol. The van der Waals surface area contributed by atoms with Crippen LogP contribution in [0.1, 0.15) is 30.2 Å². The highest BCUT2D eigenvalue weighted by molar-refractivity contribution is 9.10. The molecule has 0 spiro atoms. The number of aromatic nitrogens is 1. The molecule has 124 valence electrons. The van der Waals surface area contributed by atoms with Gasteiger partial charge in [-0.3, -0.25) is 14.8 Å². The topological polar surface area (TPSA) is 19.4 Å². The van der Waals surface area contributed by atoms with E-state index >= 15 is 0 Å². The number of thiophene rings is 1. The van der Waals surface area contributed by atoms with Gasteiger partial charge < -0.3 is 0 Å². The standard InChI is InChI=1S/C18H24BrN3S/c1-2-22-8-4-6-17(22)12-21(11-15-5-3-7-20-10-15)13-18-9-16(19)14-23-18/h3,5,7,9-10,14,17H,2,4,6,8,11-13H2,1H3. The fraction of sp³-hybridized carbons (Fsp3) is 0.500. The molecule has 0 radical (unpaired) electrons. The second-order valence-electron chi connectivity index (χ2n) is 6.19. The van der Waals surface area contributed by atoms with Crippen molar-refractivity contribution in [1.29, 1.82) is 0 Å². The van der Waals surface area contributed by atoms with Gasteiger partial charge in [0.1, 0.15) is 0 Å². The first kappa shape index (κ1) is 17.1. The van der Waals surface area contributed by atoms with E-state index in [1.54, 1.807) is 0 Å². The molecular weight excluding hydrogens is 370 g/mol. The molecule has 0 saturated carbocycles. The van der Waals surface area contributed by atoms with Crippen LogP contribution in [0.4, 0.5) is 0 Å². The molecule has 3 nitrogen and oxygen atoms in total. The summed E-state index contributed by atoms with van der Waals surface area (Å²) in [4.78, 5) is 10.9. The van der Waals surface area contributed by atoms with Gasteiger partial charge in [0.05, 0.1) is 0 Å². The van der Waals surface area contributed by atoms with Gasteiger partial charge in [-0.1, -0.05) is 13.0 Å². The van der Waals surface area contributed by atoms with Crippen molar-refractivity contribution in [2.24, 2.45) is 0 Å². The van der Waals surface area contributed by atoms with E-state index < -0.39 is 0 Å². The molecule has 1 atom stereocenters. The quantitative estimate of drug-likeness (QED) is 0.694. The number of likely N-dealkylation sites (N-methyl/N-ethyl adjacent to an activating group) is 1. The lowest BCUT2D eigenvalue weighted by Gasteiger charge is -2.30. The Bertz CT molecular complexity index is 601. The summed E-state index contributed by atoms with van der Waals surface area (Å²) in [7, 11) is 0. The molecule has 5 heteroatoms. The molecule has 1 aliphatic heterocycles. The Balaban J connectivity index is 1.69. The highest BCUT2D eigenvalue weighted by Gasteiger charge is 2.25. The van der Waals surface area contributed by atoms with Gasteiger partial charge in [0.25, 0.3) is 0 Å². The molecule has 0 aliphatic carbocycles. The lowest BCUT2D eigenvalue weighted by atomic mass is 10.2. The molecule has 2 aromatic rings. The summed E-state index contributed by atoms with van der Waals surface area (Å²) in [5.74, 6) is 0. The second kappa shape index (κ2) is 8.38. The van der Waals surface area contributed by atoms with Crippen molar-refractivity contribution in [3.63, 3.8) is 0 Å². The molecule has 0 N–H and O–H groups in total. The summed E-state index contributed by atoms with van der Waals surface area (Å²) >= 11 is 5.41. The van der Waals surface area contributed by atoms with Crippen molar-refractivity contribution >= 4 is 27.3 Å². The first-order chi connectivity index (χ1) is 11.2. The van der Waals surface area contributed by atoms with Gasteiger partial charge >= 0.3 is 0 Å². The molecule has 3 rings (SSSR count). The van der Waals surface area contributed by atoms with E-state index in [-0.39, 0.29) is 0 Å². The van der Waals surface area contributed by atoms with Gasteiger partial charge in [-0.15, -0.1) is 11.3 Å². The number of rotatable bonds is 7. The Hall–Kier alpha value is -0.750. The fourth-order valence-corrected chi connectivity index (χ4v) is 4.90. The highest BCUT2D eigenvalue weighted by Crippen LogP contribution is 2.24. The van der Waals surface area contributed by atoms with Gasteiger partial charge in [0.15, 0.2) is 0 Å². The lowest BCUT2D eigenvalue weighted by molar-refractivity contribution is 0.167. The monoisotopic (exact) mass is 393 g/mol. The van der Waals surface area contributed by atoms with Crippen molar-refractivity contribution in [3.05, 3.63) is 50.9 Å². The van der Waals surface area contributed by atoms with Gasteiger partial charge in [-0.2, -0.15) is 0 Å². The minimum absolute atomic E-state index is 0.695. The van der Waals surface area contributed by atoms with E-state index in [1.807, 2.05) is 29.8 Å². The zero-order chi connectivity index (χ0) is 16.1. The van der Waals surface area contributed by atoms with Crippen molar-refractivity contribution in [1.82, 2.24) is 14.8 Å². The molecule has 0 aromatic carbocycles. The van der Waals surface area contributed by atoms with Crippen molar-refractivity contribution in [3.8, 4) is 0 Å². The molecular formula is C18H24BrN3S. The van der Waals surface area contributed by atoms with E-state index in [2.05, 4.69) is 55.2 Å². The Labute approximate surface area is 151 Å². The Morgan fingerprint density at radius 2 is 2.35 bits per heavy atom. The molecule has 0 amide bonds. The molecule has 3 heterocycles. The maximum absolute atomic E-state index is 4.27. The normalized spacial score (nSPS) is 18.8. The molecule has 2 aromatic heterocycles. The van der Waals surface area contributed by atoms with Crippen LogP contribution in [0.3, 0.4) is 0 Å². The van der Waals surface area contributed by atoms with Crippen LogP contribution in [-0.4, -0.2) is 40.5 Å². The van der Waals surface area contributed by atoms with Crippen molar-refractivity contribution in [2.45, 2.75) is 38.9 Å². The fourth-order valence-electron chi connectivity index (χ4n) is 3.41. The average molecular weight is 394 g/mol. The number of halogens is 1. The van der Waals surface area contributed by atoms with Gasteiger partial charge in [-0.05, 0) is 59.6 Å². The van der Waals surface area contributed by atoms with Crippen LogP contribution < -0.4 is 0 Å². The van der Waals surface area contributed by atoms with Crippen LogP contribution in [0.15, 0.2) is 40.4 Å². The Kier molecular flexibility index (Phi) is 6.22. The molecule has 23 heavy (non-hydrogen) atoms. The second-order valence-corrected chi connectivity index (χ2v) is 8.10. The highest BCUT2D eigenvalue weighted by atomic mass is 79.9. The molecule has 1 unspecified atom stereocenters. The number of likely N-dealkylation sites (tertiary alicyclic amines) is 1. The number of hydrogen-bond donors (Lipinski definition) is 0. The largest absolute Gasteiger partial charge is 0.299 e. The number of nitrogens with zero attached hydrogens (tertiary/aromatic N) is 3. The summed E-state index contributed by atoms with van der Waals surface area (Å²) < 4.78 is 1.19. The van der Waals surface area contributed by atoms with Gasteiger partial charge in [0.2, 0.25) is 0 Å². The third-order valence-electron chi connectivity index (χ3n) is 4.50. The maximum atomic E-state index is 4.27. The van der Waals surface area contributed by atoms with Crippen LogP contribution in [0.25, 0.3) is 0 Å². The first-order valence-corrected chi connectivity index (χ1v) is 10.00. The molecule has 1 fully saturated rings. The number of pyridine rings is 1. The van der Waals surface area contributed by atoms with E-state index in [0.29, 0.717) is 6.04 Å². The molecule has 1 saturated heterocycles. The smallest absolute Gasteiger partial charge is 0.0332 e. The minimum atomic E-state index is 0.695. The summed E-state index contributed by atoms with van der Waals surface area (Å²) in [5.41, 5.74) is 1.30. The Morgan fingerprint density at radius 1 is 1.43 bits per heavy atom. The summed E-state index contributed by atoms with van der Waals surface area (Å²) in [6.45, 7) is 7.82. The van der Waals surface area contributed by atoms with E-state index in [4.69, 9.17) is 0 Å². The van der Waals surface area contributed by atoms with Crippen LogP contribution in [0.5, 0.6) is 0 Å². The number of hydrogen-bond acceptors (Lipinski definition) is 4. The lowest BCUT2D eigenvalue weighted by Crippen LogP contribution is -2.39. The van der Waals surface area contributed by atoms with Crippen molar-refractivity contribution in [2.75, 3.05) is 19.6 Å². The first-order valence-electron chi connectivity index (χ1n) is 8.33. The van der Waals surface area contributed by atoms with E-state index in [9.17, 15) is 0 Å². The van der Waals surface area contributed by atoms with E-state index in [0.717, 1.165) is 26.2 Å². The summed E-state index contributed by atoms with van der Waals surface area (Å²) in [6.07, 6.45) is 6.50. The summed E-state index contributed by atoms with van der Waals surface area (Å²) in [5, 5.41) is 2.17. The zero-order valence-electron chi connectivity index (χ0n) is 13.6. The Morgan fingerprint density at radius 3 is 3.04 bits per heavy atom. The third kappa shape index (κ3) is 4.86. The van der Waals surface area contributed by atoms with Crippen LogP contribution in [0, 0.1) is 0 Å². The van der Waals surface area contributed by atoms with Crippen molar-refractivity contribution < 1.29 is 0 Å². The third-order valence-corrected chi connectivity index (χ3v) is 6.19. The predicted octanol–water partition coefficient (Wildman–Crippen LogP) is 4.39. The van der Waals surface area contributed by atoms with Crippen LogP contribution >= 0.6 is 27.3 Å². The molecule has 1 aliphatic rings. The SMILES string of the molecule is CCN1CCCC1CN(Cc1cccnc1)Cc1cc(Br)cs1. The van der Waals surface area contributed by atoms with Gasteiger partial charge in [0, 0.05) is 52.8 Å². The van der Waals surface area contributed by atoms with E-state index in [1.165, 1.54) is 34.3 Å². The average Bonchev–Trinajstić information content (AvgIpc) is 3.17. The van der Waals surface area contributed by atoms with Gasteiger partial charge in [-0.25, -0.2) is 0 Å². The minimum Gasteiger partial charge on any atom is -0.299 e. The molecule has 0 bridgehead atoms. The van der Waals surface area contributed by atoms with Crippen LogP contribution in [-0.2, 0) is 13.1 Å². The summed E-state index contributed by atoms with van der Waals surface area (Å²) in [6, 6.07) is 7.15. The maximum Gasteiger partial charge on any atom is 0.0332 e. The van der Waals surface area contributed by atoms with Crippen LogP contribution in [0.2, 0.25) is 0 Å².